The van der Waals surface area contributed by atoms with Crippen molar-refractivity contribution in [3.8, 4) is 10.6 Å². The number of urea groups is 1. The van der Waals surface area contributed by atoms with Crippen LogP contribution in [0.5, 0.6) is 0 Å². The van der Waals surface area contributed by atoms with Gasteiger partial charge in [-0.2, -0.15) is 0 Å². The predicted molar refractivity (Wildman–Crippen MR) is 93.6 cm³/mol. The Morgan fingerprint density at radius 1 is 1.28 bits per heavy atom. The normalized spacial score (nSPS) is 20.2. The minimum atomic E-state index is -0.253. The average molecular weight is 361 g/mol. The zero-order valence-electron chi connectivity index (χ0n) is 13.8. The van der Waals surface area contributed by atoms with Gasteiger partial charge in [0, 0.05) is 10.4 Å². The first-order valence-electron chi connectivity index (χ1n) is 8.67. The molecule has 2 amide bonds. The summed E-state index contributed by atoms with van der Waals surface area (Å²) in [6, 6.07) is 6.11. The molecule has 1 aliphatic carbocycles. The number of rotatable bonds is 2. The van der Waals surface area contributed by atoms with Gasteiger partial charge < -0.3 is 5.32 Å². The largest absolute Gasteiger partial charge is 0.341 e. The lowest BCUT2D eigenvalue weighted by atomic mass is 9.98. The van der Waals surface area contributed by atoms with E-state index in [1.54, 1.807) is 23.5 Å². The fourth-order valence-corrected chi connectivity index (χ4v) is 4.42. The summed E-state index contributed by atoms with van der Waals surface area (Å²) in [4.78, 5) is 23.8. The summed E-state index contributed by atoms with van der Waals surface area (Å²) in [7, 11) is 0. The van der Waals surface area contributed by atoms with Crippen LogP contribution < -0.4 is 5.32 Å². The third kappa shape index (κ3) is 3.52. The molecule has 1 fully saturated rings. The van der Waals surface area contributed by atoms with Crippen molar-refractivity contribution < 1.29 is 14.0 Å². The molecule has 0 radical (unpaired) electrons. The summed E-state index contributed by atoms with van der Waals surface area (Å²) in [6.07, 6.45) is 4.82. The van der Waals surface area contributed by atoms with Crippen molar-refractivity contribution in [3.63, 3.8) is 0 Å². The van der Waals surface area contributed by atoms with Gasteiger partial charge in [0.1, 0.15) is 10.8 Å². The Bertz CT molecular complexity index is 756. The molecule has 0 bridgehead atoms. The number of carbonyl (C=O) groups excluding carboxylic acids is 1. The molecule has 1 aromatic heterocycles. The molecule has 1 N–H and O–H groups in total. The van der Waals surface area contributed by atoms with Crippen LogP contribution in [0.3, 0.4) is 0 Å². The standard InChI is InChI=1S/C18H20FN3O2S/c19-13-8-6-12(7-9-13)17-21-16-14(4-3-5-15(16)25-17)20-18(23)22-10-1-2-11-24-22/h6-9,14H,1-5,10-11H2,(H,20,23). The zero-order valence-corrected chi connectivity index (χ0v) is 14.7. The van der Waals surface area contributed by atoms with E-state index in [4.69, 9.17) is 9.82 Å². The summed E-state index contributed by atoms with van der Waals surface area (Å²) in [6.45, 7) is 1.22. The number of fused-ring (bicyclic) bond motifs is 1. The lowest BCUT2D eigenvalue weighted by Crippen LogP contribution is -2.44. The molecule has 0 saturated carbocycles. The Kier molecular flexibility index (Phi) is 4.67. The van der Waals surface area contributed by atoms with Crippen molar-refractivity contribution in [2.75, 3.05) is 13.2 Å². The number of nitrogens with one attached hydrogen (secondary N) is 1. The highest BCUT2D eigenvalue weighted by Crippen LogP contribution is 2.37. The lowest BCUT2D eigenvalue weighted by molar-refractivity contribution is -0.140. The number of hydrogen-bond donors (Lipinski definition) is 1. The number of halogens is 1. The van der Waals surface area contributed by atoms with Crippen molar-refractivity contribution in [1.29, 1.82) is 0 Å². The van der Waals surface area contributed by atoms with Gasteiger partial charge in [-0.05, 0) is 56.4 Å². The summed E-state index contributed by atoms with van der Waals surface area (Å²) >= 11 is 1.63. The van der Waals surface area contributed by atoms with Crippen LogP contribution in [0, 0.1) is 5.82 Å². The number of benzene rings is 1. The van der Waals surface area contributed by atoms with Gasteiger partial charge in [0.2, 0.25) is 0 Å². The number of thiazole rings is 1. The summed E-state index contributed by atoms with van der Waals surface area (Å²) < 4.78 is 13.1. The second kappa shape index (κ2) is 7.09. The third-order valence-electron chi connectivity index (χ3n) is 4.57. The van der Waals surface area contributed by atoms with Gasteiger partial charge in [-0.1, -0.05) is 0 Å². The van der Waals surface area contributed by atoms with E-state index in [1.807, 2.05) is 0 Å². The van der Waals surface area contributed by atoms with E-state index in [0.29, 0.717) is 13.2 Å². The second-order valence-electron chi connectivity index (χ2n) is 6.37. The molecular formula is C18H20FN3O2S. The quantitative estimate of drug-likeness (QED) is 0.877. The molecule has 1 atom stereocenters. The Morgan fingerprint density at radius 2 is 2.12 bits per heavy atom. The summed E-state index contributed by atoms with van der Waals surface area (Å²) in [5, 5.41) is 5.36. The third-order valence-corrected chi connectivity index (χ3v) is 5.75. The van der Waals surface area contributed by atoms with Gasteiger partial charge in [0.05, 0.1) is 24.9 Å². The van der Waals surface area contributed by atoms with E-state index in [9.17, 15) is 9.18 Å². The topological polar surface area (TPSA) is 54.5 Å². The molecule has 1 aromatic carbocycles. The van der Waals surface area contributed by atoms with Crippen LogP contribution in [0.4, 0.5) is 9.18 Å². The molecule has 2 heterocycles. The maximum absolute atomic E-state index is 13.1. The van der Waals surface area contributed by atoms with Crippen LogP contribution in [-0.4, -0.2) is 29.2 Å². The molecule has 2 aromatic rings. The summed E-state index contributed by atoms with van der Waals surface area (Å²) in [5.41, 5.74) is 1.85. The van der Waals surface area contributed by atoms with Crippen LogP contribution >= 0.6 is 11.3 Å². The van der Waals surface area contributed by atoms with Crippen LogP contribution in [0.2, 0.25) is 0 Å². The Balaban J connectivity index is 1.53. The van der Waals surface area contributed by atoms with Crippen LogP contribution in [0.25, 0.3) is 10.6 Å². The second-order valence-corrected chi connectivity index (χ2v) is 7.45. The number of hydroxylamine groups is 2. The fraction of sp³-hybridized carbons (Fsp3) is 0.444. The van der Waals surface area contributed by atoms with E-state index in [-0.39, 0.29) is 17.9 Å². The number of aromatic nitrogens is 1. The first-order chi connectivity index (χ1) is 12.2. The van der Waals surface area contributed by atoms with Gasteiger partial charge >= 0.3 is 6.03 Å². The zero-order chi connectivity index (χ0) is 17.2. The van der Waals surface area contributed by atoms with Crippen molar-refractivity contribution in [2.45, 2.75) is 38.1 Å². The summed E-state index contributed by atoms with van der Waals surface area (Å²) in [5.74, 6) is -0.253. The number of amides is 2. The molecule has 1 saturated heterocycles. The van der Waals surface area contributed by atoms with Gasteiger partial charge in [0.15, 0.2) is 0 Å². The SMILES string of the molecule is O=C(NC1CCCc2sc(-c3ccc(F)cc3)nc21)N1CCCCO1. The van der Waals surface area contributed by atoms with Crippen LogP contribution in [0.1, 0.15) is 42.3 Å². The van der Waals surface area contributed by atoms with Gasteiger partial charge in [-0.15, -0.1) is 11.3 Å². The van der Waals surface area contributed by atoms with Crippen molar-refractivity contribution >= 4 is 17.4 Å². The van der Waals surface area contributed by atoms with E-state index in [2.05, 4.69) is 5.32 Å². The maximum Gasteiger partial charge on any atom is 0.341 e. The Morgan fingerprint density at radius 3 is 2.88 bits per heavy atom. The van der Waals surface area contributed by atoms with Gasteiger partial charge in [-0.3, -0.25) is 4.84 Å². The maximum atomic E-state index is 13.1. The molecule has 132 valence electrons. The smallest absolute Gasteiger partial charge is 0.328 e. The minimum absolute atomic E-state index is 0.0905. The highest BCUT2D eigenvalue weighted by molar-refractivity contribution is 7.15. The minimum Gasteiger partial charge on any atom is -0.328 e. The van der Waals surface area contributed by atoms with Crippen molar-refractivity contribution in [3.05, 3.63) is 40.7 Å². The molecular weight excluding hydrogens is 341 g/mol. The van der Waals surface area contributed by atoms with E-state index >= 15 is 0 Å². The number of aryl methyl sites for hydroxylation is 1. The fourth-order valence-electron chi connectivity index (χ4n) is 3.25. The van der Waals surface area contributed by atoms with Gasteiger partial charge in [0.25, 0.3) is 0 Å². The molecule has 0 spiro atoms. The molecule has 2 aliphatic rings. The first kappa shape index (κ1) is 16.5. The van der Waals surface area contributed by atoms with Gasteiger partial charge in [-0.25, -0.2) is 19.2 Å². The highest BCUT2D eigenvalue weighted by Gasteiger charge is 2.28. The van der Waals surface area contributed by atoms with Crippen molar-refractivity contribution in [1.82, 2.24) is 15.4 Å². The monoisotopic (exact) mass is 361 g/mol. The molecule has 7 heteroatoms. The van der Waals surface area contributed by atoms with E-state index < -0.39 is 0 Å². The number of carbonyl (C=O) groups is 1. The number of hydrogen-bond acceptors (Lipinski definition) is 4. The molecule has 5 nitrogen and oxygen atoms in total. The molecule has 1 unspecified atom stereocenters. The lowest BCUT2D eigenvalue weighted by Gasteiger charge is -2.29. The number of nitrogens with zero attached hydrogens (tertiary/aromatic N) is 2. The molecule has 4 rings (SSSR count). The Hall–Kier alpha value is -1.99. The molecule has 25 heavy (non-hydrogen) atoms. The highest BCUT2D eigenvalue weighted by atomic mass is 32.1. The van der Waals surface area contributed by atoms with E-state index in [0.717, 1.165) is 48.4 Å². The predicted octanol–water partition coefficient (Wildman–Crippen LogP) is 4.06. The van der Waals surface area contributed by atoms with Crippen LogP contribution in [-0.2, 0) is 11.3 Å². The van der Waals surface area contributed by atoms with E-state index in [1.165, 1.54) is 22.1 Å². The van der Waals surface area contributed by atoms with Crippen LogP contribution in [0.15, 0.2) is 24.3 Å². The molecule has 1 aliphatic heterocycles. The Labute approximate surface area is 149 Å². The van der Waals surface area contributed by atoms with Crippen molar-refractivity contribution in [2.24, 2.45) is 0 Å². The first-order valence-corrected chi connectivity index (χ1v) is 9.49. The average Bonchev–Trinajstić information content (AvgIpc) is 3.08.